The van der Waals surface area contributed by atoms with Gasteiger partial charge in [-0.05, 0) is 140 Å². The predicted octanol–water partition coefficient (Wildman–Crippen LogP) is 2.41. The van der Waals surface area contributed by atoms with E-state index in [0.717, 1.165) is 72.8 Å². The average Bonchev–Trinajstić information content (AvgIpc) is 3.38. The van der Waals surface area contributed by atoms with Crippen LogP contribution in [0.3, 0.4) is 0 Å². The van der Waals surface area contributed by atoms with Crippen LogP contribution < -0.4 is 60.2 Å². The third-order valence-corrected chi connectivity index (χ3v) is 18.5. The zero-order chi connectivity index (χ0) is 57.8. The standard InChI is InChI=1S/C48H54O24P6/c1-67-43-25-7-27-15-38(74(52,53)54)17-29(44(27)68-2)9-31-19-40(76(58,59)60)21-33(46(31)70-4)11-35-23-42(78(64,65)66)24-36(48(35)72-6)12-34-22-41(77(61,62)63)20-32(47(34)71-5)10-30-18-39(75(55,56)57)16-28(45(30)69-3)8-26(43)14-37(13-25)73(49,50)51/h13-24H,7-12H2,1-6H3,(H2,49,50,51)(H2,52,53,54)(H2,55,56,57)(H2,58,59,60)(H2,61,62,63)(H2,64,65,66). The Morgan fingerprint density at radius 1 is 0.231 bits per heavy atom. The van der Waals surface area contributed by atoms with Gasteiger partial charge < -0.3 is 87.1 Å². The fourth-order valence-corrected chi connectivity index (χ4v) is 13.7. The molecule has 24 nitrogen and oxygen atoms in total. The van der Waals surface area contributed by atoms with Crippen LogP contribution in [0.2, 0.25) is 0 Å². The van der Waals surface area contributed by atoms with Gasteiger partial charge in [-0.2, -0.15) is 0 Å². The first-order valence-electron chi connectivity index (χ1n) is 22.7. The normalized spacial score (nSPS) is 13.8. The first-order valence-corrected chi connectivity index (χ1v) is 32.4. The summed E-state index contributed by atoms with van der Waals surface area (Å²) in [5.74, 6) is -0.423. The summed E-state index contributed by atoms with van der Waals surface area (Å²) in [5, 5.41) is -3.51. The van der Waals surface area contributed by atoms with Crippen molar-refractivity contribution in [1.82, 2.24) is 0 Å². The van der Waals surface area contributed by atoms with Crippen LogP contribution in [0.15, 0.2) is 72.8 Å². The van der Waals surface area contributed by atoms with Crippen LogP contribution in [-0.4, -0.2) is 101 Å². The molecular formula is C48H54O24P6. The molecule has 6 aromatic rings. The zero-order valence-electron chi connectivity index (χ0n) is 42.1. The highest BCUT2D eigenvalue weighted by molar-refractivity contribution is 7.61. The van der Waals surface area contributed by atoms with Crippen molar-refractivity contribution in [2.45, 2.75) is 38.5 Å². The van der Waals surface area contributed by atoms with Crippen LogP contribution in [0.4, 0.5) is 0 Å². The molecular weight excluding hydrogens is 1150 g/mol. The van der Waals surface area contributed by atoms with Crippen LogP contribution in [0, 0.1) is 0 Å². The Kier molecular flexibility index (Phi) is 17.5. The number of fused-ring (bicyclic) bond motifs is 12. The third kappa shape index (κ3) is 13.1. The number of benzene rings is 6. The summed E-state index contributed by atoms with van der Waals surface area (Å²) in [7, 11) is -23.9. The average molecular weight is 1200 g/mol. The molecule has 12 bridgehead atoms. The van der Waals surface area contributed by atoms with Gasteiger partial charge in [-0.1, -0.05) is 0 Å². The van der Waals surface area contributed by atoms with Crippen molar-refractivity contribution in [3.63, 3.8) is 0 Å². The van der Waals surface area contributed by atoms with E-state index in [1.54, 1.807) is 0 Å². The van der Waals surface area contributed by atoms with Crippen LogP contribution in [0.1, 0.15) is 66.8 Å². The van der Waals surface area contributed by atoms with E-state index in [-0.39, 0.29) is 101 Å². The van der Waals surface area contributed by atoms with E-state index < -0.39 is 116 Å². The summed E-state index contributed by atoms with van der Waals surface area (Å²) in [6.07, 6.45) is -2.75. The molecule has 0 saturated heterocycles. The van der Waals surface area contributed by atoms with E-state index in [9.17, 15) is 86.1 Å². The molecule has 0 heterocycles. The van der Waals surface area contributed by atoms with Crippen LogP contribution in [0.5, 0.6) is 34.5 Å². The summed E-state index contributed by atoms with van der Waals surface area (Å²) in [4.78, 5) is 128. The van der Waals surface area contributed by atoms with Crippen molar-refractivity contribution in [3.8, 4) is 34.5 Å². The molecule has 7 rings (SSSR count). The molecule has 0 amide bonds. The van der Waals surface area contributed by atoms with Gasteiger partial charge in [0.05, 0.1) is 74.5 Å². The second kappa shape index (κ2) is 22.5. The minimum atomic E-state index is -5.21. The van der Waals surface area contributed by atoms with Gasteiger partial charge in [0.2, 0.25) is 0 Å². The highest BCUT2D eigenvalue weighted by Gasteiger charge is 2.33. The van der Waals surface area contributed by atoms with Gasteiger partial charge in [0, 0.05) is 38.5 Å². The molecule has 78 heavy (non-hydrogen) atoms. The lowest BCUT2D eigenvalue weighted by atomic mass is 9.91. The lowest BCUT2D eigenvalue weighted by molar-refractivity contribution is 0.384. The Morgan fingerprint density at radius 3 is 0.385 bits per heavy atom. The van der Waals surface area contributed by atoms with Crippen molar-refractivity contribution >= 4 is 77.4 Å². The molecule has 0 fully saturated rings. The Morgan fingerprint density at radius 2 is 0.321 bits per heavy atom. The minimum Gasteiger partial charge on any atom is -0.496 e. The fraction of sp³-hybridized carbons (Fsp3) is 0.250. The minimum absolute atomic E-state index is 0.0130. The molecule has 0 aromatic heterocycles. The second-order valence-electron chi connectivity index (χ2n) is 18.1. The summed E-state index contributed by atoms with van der Waals surface area (Å²) in [6.45, 7) is 0. The number of methoxy groups -OCH3 is 6. The summed E-state index contributed by atoms with van der Waals surface area (Å²) in [6, 6.07) is 13.0. The van der Waals surface area contributed by atoms with Crippen LogP contribution in [0.25, 0.3) is 0 Å². The number of rotatable bonds is 12. The molecule has 1 aliphatic carbocycles. The van der Waals surface area contributed by atoms with E-state index in [1.807, 2.05) is 0 Å². The molecule has 0 atom stereocenters. The number of hydrogen-bond donors (Lipinski definition) is 12. The Labute approximate surface area is 445 Å². The maximum absolute atomic E-state index is 13.2. The molecule has 0 radical (unpaired) electrons. The molecule has 0 saturated carbocycles. The van der Waals surface area contributed by atoms with E-state index in [4.69, 9.17) is 28.4 Å². The van der Waals surface area contributed by atoms with Gasteiger partial charge in [-0.15, -0.1) is 0 Å². The molecule has 420 valence electrons. The zero-order valence-corrected chi connectivity index (χ0v) is 47.5. The van der Waals surface area contributed by atoms with Gasteiger partial charge in [0.25, 0.3) is 0 Å². The Bertz CT molecular complexity index is 2920. The summed E-state index contributed by atoms with van der Waals surface area (Å²) in [5.41, 5.74) is -0.156. The Balaban J connectivity index is 1.67. The topological polar surface area (TPSA) is 401 Å². The molecule has 0 aliphatic heterocycles. The Hall–Kier alpha value is -4.98. The fourth-order valence-electron chi connectivity index (χ4n) is 9.81. The molecule has 12 N–H and O–H groups in total. The summed E-state index contributed by atoms with van der Waals surface area (Å²) >= 11 is 0. The first kappa shape index (κ1) is 60.7. The molecule has 6 aromatic carbocycles. The van der Waals surface area contributed by atoms with Gasteiger partial charge in [-0.3, -0.25) is 27.4 Å². The maximum atomic E-state index is 13.2. The van der Waals surface area contributed by atoms with Crippen molar-refractivity contribution in [2.75, 3.05) is 42.7 Å². The van der Waals surface area contributed by atoms with Crippen molar-refractivity contribution in [3.05, 3.63) is 140 Å². The smallest absolute Gasteiger partial charge is 0.356 e. The lowest BCUT2D eigenvalue weighted by Crippen LogP contribution is -2.16. The highest BCUT2D eigenvalue weighted by atomic mass is 31.2. The van der Waals surface area contributed by atoms with Gasteiger partial charge in [0.1, 0.15) is 34.5 Å². The molecule has 0 spiro atoms. The maximum Gasteiger partial charge on any atom is 0.356 e. The lowest BCUT2D eigenvalue weighted by Gasteiger charge is -2.23. The molecule has 0 unspecified atom stereocenters. The van der Waals surface area contributed by atoms with Crippen LogP contribution >= 0.6 is 45.6 Å². The number of ether oxygens (including phenoxy) is 6. The molecule has 30 heteroatoms. The van der Waals surface area contributed by atoms with Crippen molar-refractivity contribution < 1.29 is 115 Å². The van der Waals surface area contributed by atoms with Gasteiger partial charge in [-0.25, -0.2) is 0 Å². The third-order valence-electron chi connectivity index (χ3n) is 12.9. The summed E-state index contributed by atoms with van der Waals surface area (Å²) < 4.78 is 114. The van der Waals surface area contributed by atoms with E-state index in [2.05, 4.69) is 0 Å². The van der Waals surface area contributed by atoms with E-state index in [1.165, 1.54) is 42.7 Å². The monoisotopic (exact) mass is 1200 g/mol. The van der Waals surface area contributed by atoms with Crippen molar-refractivity contribution in [2.24, 2.45) is 0 Å². The highest BCUT2D eigenvalue weighted by Crippen LogP contribution is 2.47. The van der Waals surface area contributed by atoms with Crippen molar-refractivity contribution in [1.29, 1.82) is 0 Å². The predicted molar refractivity (Wildman–Crippen MR) is 285 cm³/mol. The van der Waals surface area contributed by atoms with Crippen LogP contribution in [-0.2, 0) is 65.9 Å². The number of hydrogen-bond acceptors (Lipinski definition) is 12. The van der Waals surface area contributed by atoms with E-state index >= 15 is 0 Å². The SMILES string of the molecule is COc1c2cc(P(=O)(O)O)cc1Cc1cc(P(=O)(O)O)cc(c1OC)Cc1cc(P(=O)(O)O)cc(c1OC)Cc1cc(P(=O)(O)O)cc(c1OC)Cc1cc(P(=O)(O)O)cc(c1OC)Cc1cc(P(=O)(O)O)cc(c1OC)C2. The quantitative estimate of drug-likeness (QED) is 0.0782. The second-order valence-corrected chi connectivity index (χ2v) is 27.7. The van der Waals surface area contributed by atoms with E-state index in [0.29, 0.717) is 0 Å². The van der Waals surface area contributed by atoms with Gasteiger partial charge in [0.15, 0.2) is 0 Å². The molecule has 1 aliphatic rings. The van der Waals surface area contributed by atoms with Gasteiger partial charge >= 0.3 is 45.6 Å². The largest absolute Gasteiger partial charge is 0.496 e. The first-order chi connectivity index (χ1) is 36.1.